The van der Waals surface area contributed by atoms with Crippen LogP contribution in [-0.2, 0) is 16.1 Å². The largest absolute Gasteiger partial charge is 0.437 e. The van der Waals surface area contributed by atoms with Gasteiger partial charge in [-0.1, -0.05) is 12.1 Å². The van der Waals surface area contributed by atoms with Crippen LogP contribution in [0.25, 0.3) is 0 Å². The zero-order chi connectivity index (χ0) is 20.2. The molecule has 1 spiro atoms. The molecule has 5 rings (SSSR count). The summed E-state index contributed by atoms with van der Waals surface area (Å²) in [5, 5.41) is 0. The summed E-state index contributed by atoms with van der Waals surface area (Å²) in [6.07, 6.45) is 1.61. The number of alkyl halides is 2. The van der Waals surface area contributed by atoms with Gasteiger partial charge >= 0.3 is 12.7 Å². The van der Waals surface area contributed by atoms with E-state index in [-0.39, 0.29) is 29.7 Å². The quantitative estimate of drug-likeness (QED) is 0.746. The van der Waals surface area contributed by atoms with Gasteiger partial charge in [0.05, 0.1) is 19.1 Å². The molecule has 0 N–H and O–H groups in total. The van der Waals surface area contributed by atoms with E-state index in [1.165, 1.54) is 6.07 Å². The summed E-state index contributed by atoms with van der Waals surface area (Å²) < 4.78 is 35.1. The fraction of sp³-hybridized carbons (Fsp3) is 0.600. The first-order valence-electron chi connectivity index (χ1n) is 9.98. The molecule has 1 atom stereocenters. The standard InChI is InChI=1S/C20H23F2N3O4/c21-18(22)28-15-3-1-2-13(8-15)9-23-6-7-25-16(10-23)20(29-19(25)27)11-24(12-20)17(26)14-4-5-14/h1-3,8,14,16,18H,4-7,9-12H2. The van der Waals surface area contributed by atoms with Crippen LogP contribution < -0.4 is 4.74 Å². The van der Waals surface area contributed by atoms with Crippen molar-refractivity contribution in [3.8, 4) is 5.75 Å². The van der Waals surface area contributed by atoms with E-state index in [1.807, 2.05) is 6.07 Å². The monoisotopic (exact) mass is 407 g/mol. The van der Waals surface area contributed by atoms with Crippen molar-refractivity contribution >= 4 is 12.0 Å². The number of ether oxygens (including phenoxy) is 2. The molecule has 2 amide bonds. The fourth-order valence-electron chi connectivity index (χ4n) is 4.65. The molecule has 1 aliphatic carbocycles. The predicted molar refractivity (Wildman–Crippen MR) is 97.4 cm³/mol. The summed E-state index contributed by atoms with van der Waals surface area (Å²) in [4.78, 5) is 30.4. The molecule has 9 heteroatoms. The molecule has 4 fully saturated rings. The summed E-state index contributed by atoms with van der Waals surface area (Å²) in [5.41, 5.74) is 0.246. The van der Waals surface area contributed by atoms with Gasteiger partial charge in [-0.2, -0.15) is 8.78 Å². The highest BCUT2D eigenvalue weighted by atomic mass is 19.3. The number of halogens is 2. The van der Waals surface area contributed by atoms with Crippen LogP contribution in [0.2, 0.25) is 0 Å². The topological polar surface area (TPSA) is 62.3 Å². The molecule has 1 unspecified atom stereocenters. The highest BCUT2D eigenvalue weighted by molar-refractivity contribution is 5.83. The third-order valence-corrected chi connectivity index (χ3v) is 6.28. The van der Waals surface area contributed by atoms with E-state index in [1.54, 1.807) is 21.9 Å². The lowest BCUT2D eigenvalue weighted by atomic mass is 9.84. The van der Waals surface area contributed by atoms with Crippen molar-refractivity contribution in [3.63, 3.8) is 0 Å². The van der Waals surface area contributed by atoms with E-state index < -0.39 is 12.2 Å². The Morgan fingerprint density at radius 3 is 2.79 bits per heavy atom. The van der Waals surface area contributed by atoms with Gasteiger partial charge in [0.2, 0.25) is 5.91 Å². The number of hydrogen-bond acceptors (Lipinski definition) is 5. The third kappa shape index (κ3) is 3.41. The van der Waals surface area contributed by atoms with Crippen LogP contribution in [0.3, 0.4) is 0 Å². The first kappa shape index (κ1) is 18.6. The molecule has 0 radical (unpaired) electrons. The first-order chi connectivity index (χ1) is 13.9. The Labute approximate surface area is 167 Å². The van der Waals surface area contributed by atoms with Gasteiger partial charge in [0, 0.05) is 32.1 Å². The number of likely N-dealkylation sites (tertiary alicyclic amines) is 1. The van der Waals surface area contributed by atoms with Crippen LogP contribution in [-0.4, -0.2) is 77.7 Å². The molecule has 4 aliphatic rings. The van der Waals surface area contributed by atoms with Gasteiger partial charge in [-0.25, -0.2) is 4.79 Å². The zero-order valence-corrected chi connectivity index (χ0v) is 15.9. The van der Waals surface area contributed by atoms with E-state index in [0.717, 1.165) is 18.4 Å². The third-order valence-electron chi connectivity index (χ3n) is 6.28. The van der Waals surface area contributed by atoms with Gasteiger partial charge < -0.3 is 14.4 Å². The Balaban J connectivity index is 1.25. The average Bonchev–Trinajstić information content (AvgIpc) is 3.44. The van der Waals surface area contributed by atoms with Crippen molar-refractivity contribution in [1.82, 2.24) is 14.7 Å². The van der Waals surface area contributed by atoms with Crippen molar-refractivity contribution in [2.75, 3.05) is 32.7 Å². The number of rotatable bonds is 5. The molecule has 3 saturated heterocycles. The van der Waals surface area contributed by atoms with Crippen molar-refractivity contribution in [2.24, 2.45) is 5.92 Å². The molecule has 29 heavy (non-hydrogen) atoms. The Hall–Kier alpha value is -2.42. The van der Waals surface area contributed by atoms with Crippen molar-refractivity contribution < 1.29 is 27.8 Å². The predicted octanol–water partition coefficient (Wildman–Crippen LogP) is 1.92. The molecular weight excluding hydrogens is 384 g/mol. The van der Waals surface area contributed by atoms with Gasteiger partial charge in [0.15, 0.2) is 5.60 Å². The van der Waals surface area contributed by atoms with Crippen LogP contribution >= 0.6 is 0 Å². The van der Waals surface area contributed by atoms with Crippen LogP contribution in [0.4, 0.5) is 13.6 Å². The molecule has 3 heterocycles. The minimum Gasteiger partial charge on any atom is -0.437 e. The fourth-order valence-corrected chi connectivity index (χ4v) is 4.65. The minimum atomic E-state index is -2.85. The summed E-state index contributed by atoms with van der Waals surface area (Å²) in [7, 11) is 0. The molecule has 156 valence electrons. The number of fused-ring (bicyclic) bond motifs is 2. The van der Waals surface area contributed by atoms with Gasteiger partial charge in [-0.3, -0.25) is 14.6 Å². The molecule has 7 nitrogen and oxygen atoms in total. The Bertz CT molecular complexity index is 826. The van der Waals surface area contributed by atoms with Crippen LogP contribution in [0.5, 0.6) is 5.75 Å². The zero-order valence-electron chi connectivity index (χ0n) is 15.9. The second-order valence-corrected chi connectivity index (χ2v) is 8.37. The second kappa shape index (κ2) is 6.83. The van der Waals surface area contributed by atoms with Crippen LogP contribution in [0, 0.1) is 5.92 Å². The number of nitrogens with zero attached hydrogens (tertiary/aromatic N) is 3. The lowest BCUT2D eigenvalue weighted by Gasteiger charge is -2.51. The van der Waals surface area contributed by atoms with E-state index in [4.69, 9.17) is 4.74 Å². The number of carbonyl (C=O) groups is 2. The molecule has 0 aromatic heterocycles. The van der Waals surface area contributed by atoms with Gasteiger partial charge in [0.1, 0.15) is 5.75 Å². The first-order valence-corrected chi connectivity index (χ1v) is 9.98. The van der Waals surface area contributed by atoms with Gasteiger partial charge in [0.25, 0.3) is 0 Å². The highest BCUT2D eigenvalue weighted by Crippen LogP contribution is 2.42. The number of benzene rings is 1. The van der Waals surface area contributed by atoms with Crippen molar-refractivity contribution in [2.45, 2.75) is 37.6 Å². The number of amides is 2. The van der Waals surface area contributed by atoms with E-state index >= 15 is 0 Å². The normalized spacial score (nSPS) is 25.8. The lowest BCUT2D eigenvalue weighted by Crippen LogP contribution is -2.72. The van der Waals surface area contributed by atoms with E-state index in [2.05, 4.69) is 9.64 Å². The molecule has 1 aromatic rings. The van der Waals surface area contributed by atoms with Gasteiger partial charge in [-0.05, 0) is 30.5 Å². The Morgan fingerprint density at radius 2 is 2.07 bits per heavy atom. The number of carbonyl (C=O) groups excluding carboxylic acids is 2. The lowest BCUT2D eigenvalue weighted by molar-refractivity contribution is -0.157. The maximum absolute atomic E-state index is 12.5. The van der Waals surface area contributed by atoms with Crippen LogP contribution in [0.15, 0.2) is 24.3 Å². The second-order valence-electron chi connectivity index (χ2n) is 8.37. The average molecular weight is 407 g/mol. The molecule has 1 aromatic carbocycles. The smallest absolute Gasteiger partial charge is 0.411 e. The minimum absolute atomic E-state index is 0.104. The van der Waals surface area contributed by atoms with Crippen LogP contribution in [0.1, 0.15) is 18.4 Å². The van der Waals surface area contributed by atoms with Crippen molar-refractivity contribution in [3.05, 3.63) is 29.8 Å². The van der Waals surface area contributed by atoms with Crippen molar-refractivity contribution in [1.29, 1.82) is 0 Å². The summed E-state index contributed by atoms with van der Waals surface area (Å²) in [6.45, 7) is 0.482. The maximum Gasteiger partial charge on any atom is 0.411 e. The Morgan fingerprint density at radius 1 is 1.28 bits per heavy atom. The maximum atomic E-state index is 12.5. The van der Waals surface area contributed by atoms with E-state index in [0.29, 0.717) is 39.3 Å². The summed E-state index contributed by atoms with van der Waals surface area (Å²) >= 11 is 0. The molecule has 1 saturated carbocycles. The van der Waals surface area contributed by atoms with Gasteiger partial charge in [-0.15, -0.1) is 0 Å². The highest BCUT2D eigenvalue weighted by Gasteiger charge is 2.63. The summed E-state index contributed by atoms with van der Waals surface area (Å²) in [6, 6.07) is 6.58. The SMILES string of the molecule is O=C(C1CC1)N1CC2(C1)OC(=O)N1CCN(Cc3cccc(OC(F)F)c3)CC12. The Kier molecular flexibility index (Phi) is 4.38. The number of hydrogen-bond donors (Lipinski definition) is 0. The molecular formula is C20H23F2N3O4. The summed E-state index contributed by atoms with van der Waals surface area (Å²) in [5.74, 6) is 0.472. The number of piperazine rings is 1. The molecule has 0 bridgehead atoms. The van der Waals surface area contributed by atoms with E-state index in [9.17, 15) is 18.4 Å². The molecule has 3 aliphatic heterocycles.